The maximum absolute atomic E-state index is 11.6. The molecule has 9 heteroatoms. The van der Waals surface area contributed by atoms with Gasteiger partial charge < -0.3 is 18.8 Å². The summed E-state index contributed by atoms with van der Waals surface area (Å²) in [5.74, 6) is -2.63. The van der Waals surface area contributed by atoms with Gasteiger partial charge in [-0.2, -0.15) is 0 Å². The molecular formula is C19H15BO8. The maximum Gasteiger partial charge on any atom is 0.439 e. The molecule has 0 aromatic heterocycles. The molecule has 8 nitrogen and oxygen atoms in total. The molecule has 1 fully saturated rings. The molecule has 142 valence electrons. The predicted molar refractivity (Wildman–Crippen MR) is 94.4 cm³/mol. The quantitative estimate of drug-likeness (QED) is 0.397. The Balaban J connectivity index is 1.36. The lowest BCUT2D eigenvalue weighted by molar-refractivity contribution is -0.152. The number of rotatable bonds is 4. The average molecular weight is 382 g/mol. The number of cyclic esters (lactones) is 4. The van der Waals surface area contributed by atoms with Crippen LogP contribution in [-0.2, 0) is 38.0 Å². The fourth-order valence-electron chi connectivity index (χ4n) is 3.17. The molecule has 4 rings (SSSR count). The van der Waals surface area contributed by atoms with Crippen LogP contribution >= 0.6 is 0 Å². The van der Waals surface area contributed by atoms with E-state index in [-0.39, 0.29) is 36.1 Å². The Kier molecular flexibility index (Phi) is 4.48. The van der Waals surface area contributed by atoms with E-state index in [0.29, 0.717) is 12.8 Å². The summed E-state index contributed by atoms with van der Waals surface area (Å²) < 4.78 is 20.6. The van der Waals surface area contributed by atoms with Crippen LogP contribution in [0.5, 0.6) is 0 Å². The van der Waals surface area contributed by atoms with E-state index in [2.05, 4.69) is 9.47 Å². The zero-order valence-corrected chi connectivity index (χ0v) is 14.9. The third-order valence-electron chi connectivity index (χ3n) is 4.84. The molecule has 0 spiro atoms. The molecule has 2 aliphatic heterocycles. The number of carbonyl (C=O) groups is 4. The van der Waals surface area contributed by atoms with Crippen molar-refractivity contribution in [2.75, 3.05) is 0 Å². The van der Waals surface area contributed by atoms with Gasteiger partial charge in [0.25, 0.3) is 0 Å². The maximum atomic E-state index is 11.6. The molecule has 0 atom stereocenters. The van der Waals surface area contributed by atoms with Crippen LogP contribution < -0.4 is 0 Å². The van der Waals surface area contributed by atoms with Crippen LogP contribution in [0.2, 0.25) is 0 Å². The summed E-state index contributed by atoms with van der Waals surface area (Å²) in [6, 6.07) is 0. The highest BCUT2D eigenvalue weighted by Crippen LogP contribution is 2.29. The highest BCUT2D eigenvalue weighted by molar-refractivity contribution is 6.19. The van der Waals surface area contributed by atoms with Gasteiger partial charge in [0.15, 0.2) is 0 Å². The first-order valence-corrected chi connectivity index (χ1v) is 8.68. The summed E-state index contributed by atoms with van der Waals surface area (Å²) in [4.78, 5) is 46.5. The minimum absolute atomic E-state index is 0.0658. The smallest absolute Gasteiger partial charge is 0.411 e. The highest BCUT2D eigenvalue weighted by atomic mass is 16.6. The number of hydrogen-bond acceptors (Lipinski definition) is 8. The molecule has 2 aliphatic carbocycles. The number of esters is 4. The highest BCUT2D eigenvalue weighted by Gasteiger charge is 2.35. The standard InChI is InChI=1S/C19H15BO8/c1-19(8-6-13-14(7-9-19)18(24)26-17(13)23)28-20-27-10-2-4-11-12(5-3-10)16(22)25-15(11)21/h4-10,20H,2-3H2,1H3. The van der Waals surface area contributed by atoms with Gasteiger partial charge in [-0.15, -0.1) is 0 Å². The van der Waals surface area contributed by atoms with Crippen molar-refractivity contribution in [3.63, 3.8) is 0 Å². The summed E-state index contributed by atoms with van der Waals surface area (Å²) in [5.41, 5.74) is 0.0498. The van der Waals surface area contributed by atoms with Gasteiger partial charge in [-0.1, -0.05) is 12.2 Å². The average Bonchev–Trinajstić information content (AvgIpc) is 2.90. The Morgan fingerprint density at radius 3 is 1.93 bits per heavy atom. The number of ether oxygens (including phenoxy) is 2. The molecule has 0 aromatic carbocycles. The first-order chi connectivity index (χ1) is 13.4. The summed E-state index contributed by atoms with van der Waals surface area (Å²) in [6.45, 7) is 1.76. The molecule has 4 aliphatic rings. The molecule has 28 heavy (non-hydrogen) atoms. The van der Waals surface area contributed by atoms with E-state index in [9.17, 15) is 19.2 Å². The fourth-order valence-corrected chi connectivity index (χ4v) is 3.17. The van der Waals surface area contributed by atoms with E-state index >= 15 is 0 Å². The van der Waals surface area contributed by atoms with E-state index in [1.807, 2.05) is 0 Å². The molecule has 0 aromatic rings. The lowest BCUT2D eigenvalue weighted by Gasteiger charge is -2.24. The van der Waals surface area contributed by atoms with Gasteiger partial charge in [-0.05, 0) is 44.1 Å². The van der Waals surface area contributed by atoms with Gasteiger partial charge in [-0.25, -0.2) is 19.2 Å². The van der Waals surface area contributed by atoms with Gasteiger partial charge in [0, 0.05) is 6.10 Å². The van der Waals surface area contributed by atoms with Gasteiger partial charge in [0.1, 0.15) is 0 Å². The minimum atomic E-state index is -0.886. The third kappa shape index (κ3) is 3.30. The van der Waals surface area contributed by atoms with Crippen molar-refractivity contribution >= 4 is 31.6 Å². The molecule has 1 saturated heterocycles. The Labute approximate surface area is 160 Å². The largest absolute Gasteiger partial charge is 0.439 e. The summed E-state index contributed by atoms with van der Waals surface area (Å²) in [5, 5.41) is 0. The first kappa shape index (κ1) is 18.3. The summed E-state index contributed by atoms with van der Waals surface area (Å²) in [6.07, 6.45) is 10.2. The first-order valence-electron chi connectivity index (χ1n) is 8.68. The Morgan fingerprint density at radius 1 is 0.893 bits per heavy atom. The third-order valence-corrected chi connectivity index (χ3v) is 4.84. The van der Waals surface area contributed by atoms with E-state index in [4.69, 9.17) is 9.31 Å². The lowest BCUT2D eigenvalue weighted by Crippen LogP contribution is -2.28. The van der Waals surface area contributed by atoms with Gasteiger partial charge in [-0.3, -0.25) is 0 Å². The van der Waals surface area contributed by atoms with Crippen LogP contribution in [0.4, 0.5) is 0 Å². The molecule has 0 radical (unpaired) electrons. The second kappa shape index (κ2) is 6.85. The van der Waals surface area contributed by atoms with E-state index in [1.54, 1.807) is 31.2 Å². The second-order valence-corrected chi connectivity index (χ2v) is 6.79. The molecular weight excluding hydrogens is 367 g/mol. The van der Waals surface area contributed by atoms with Crippen molar-refractivity contribution in [3.8, 4) is 0 Å². The van der Waals surface area contributed by atoms with Crippen LogP contribution in [0, 0.1) is 0 Å². The molecule has 0 amide bonds. The molecule has 0 saturated carbocycles. The normalized spacial score (nSPS) is 23.5. The van der Waals surface area contributed by atoms with Crippen LogP contribution in [0.15, 0.2) is 58.7 Å². The number of hydrogen-bond donors (Lipinski definition) is 0. The van der Waals surface area contributed by atoms with Gasteiger partial charge in [0.05, 0.1) is 27.9 Å². The van der Waals surface area contributed by atoms with Crippen molar-refractivity contribution in [1.29, 1.82) is 0 Å². The Morgan fingerprint density at radius 2 is 1.39 bits per heavy atom. The molecule has 0 unspecified atom stereocenters. The zero-order valence-electron chi connectivity index (χ0n) is 14.9. The topological polar surface area (TPSA) is 105 Å². The van der Waals surface area contributed by atoms with E-state index in [1.165, 1.54) is 12.2 Å². The number of carbonyl (C=O) groups excluding carboxylic acids is 4. The fraction of sp³-hybridized carbons (Fsp3) is 0.263. The van der Waals surface area contributed by atoms with Crippen molar-refractivity contribution in [2.45, 2.75) is 31.5 Å². The van der Waals surface area contributed by atoms with Crippen LogP contribution in [0.1, 0.15) is 19.8 Å². The zero-order chi connectivity index (χ0) is 19.9. The van der Waals surface area contributed by atoms with Gasteiger partial charge in [0.2, 0.25) is 0 Å². The molecule has 0 bridgehead atoms. The predicted octanol–water partition coefficient (Wildman–Crippen LogP) is 0.649. The van der Waals surface area contributed by atoms with Crippen LogP contribution in [0.25, 0.3) is 0 Å². The van der Waals surface area contributed by atoms with Crippen molar-refractivity contribution in [3.05, 3.63) is 58.7 Å². The SMILES string of the molecule is CC1(OBOC2CC=C3C(=O)OC(=O)C3=CC2)C=CC2=C(C=C1)C(=O)OC2=O. The number of fused-ring (bicyclic) bond motifs is 1. The summed E-state index contributed by atoms with van der Waals surface area (Å²) in [7, 11) is -0.0658. The summed E-state index contributed by atoms with van der Waals surface area (Å²) >= 11 is 0. The minimum Gasteiger partial charge on any atom is -0.411 e. The van der Waals surface area contributed by atoms with Crippen LogP contribution in [-0.4, -0.2) is 43.3 Å². The van der Waals surface area contributed by atoms with E-state index < -0.39 is 29.5 Å². The molecule has 0 N–H and O–H groups in total. The molecule has 2 heterocycles. The van der Waals surface area contributed by atoms with Crippen LogP contribution in [0.3, 0.4) is 0 Å². The van der Waals surface area contributed by atoms with E-state index in [0.717, 1.165) is 0 Å². The van der Waals surface area contributed by atoms with Crippen molar-refractivity contribution in [1.82, 2.24) is 0 Å². The Hall–Kier alpha value is -3.04. The second-order valence-electron chi connectivity index (χ2n) is 6.79. The van der Waals surface area contributed by atoms with Crippen molar-refractivity contribution < 1.29 is 38.0 Å². The Bertz CT molecular complexity index is 883. The monoisotopic (exact) mass is 382 g/mol. The lowest BCUT2D eigenvalue weighted by atomic mass is 10.0. The van der Waals surface area contributed by atoms with Crippen molar-refractivity contribution in [2.24, 2.45) is 0 Å². The van der Waals surface area contributed by atoms with Gasteiger partial charge >= 0.3 is 31.6 Å².